The highest BCUT2D eigenvalue weighted by Gasteiger charge is 2.24. The van der Waals surface area contributed by atoms with Crippen molar-refractivity contribution in [2.75, 3.05) is 6.54 Å². The molecule has 0 saturated heterocycles. The Morgan fingerprint density at radius 3 is 2.81 bits per heavy atom. The van der Waals surface area contributed by atoms with Crippen molar-refractivity contribution in [3.63, 3.8) is 0 Å². The molecule has 3 heteroatoms. The molecule has 1 unspecified atom stereocenters. The van der Waals surface area contributed by atoms with Gasteiger partial charge in [0.15, 0.2) is 0 Å². The second-order valence-corrected chi connectivity index (χ2v) is 6.56. The highest BCUT2D eigenvalue weighted by Crippen LogP contribution is 2.30. The summed E-state index contributed by atoms with van der Waals surface area (Å²) in [4.78, 5) is 1.50. The molecule has 1 aliphatic rings. The summed E-state index contributed by atoms with van der Waals surface area (Å²) in [6.45, 7) is 3.31. The Balaban J connectivity index is 1.96. The molecule has 1 N–H and O–H groups in total. The molecule has 0 spiro atoms. The summed E-state index contributed by atoms with van der Waals surface area (Å²) in [5.74, 6) is 0.904. The maximum Gasteiger partial charge on any atom is 0.0285 e. The van der Waals surface area contributed by atoms with Crippen LogP contribution >= 0.6 is 27.3 Å². The van der Waals surface area contributed by atoms with Crippen LogP contribution in [0.2, 0.25) is 0 Å². The van der Waals surface area contributed by atoms with Crippen molar-refractivity contribution in [3.05, 3.63) is 20.8 Å². The van der Waals surface area contributed by atoms with E-state index in [1.807, 2.05) is 11.3 Å². The van der Waals surface area contributed by atoms with Crippen molar-refractivity contribution in [1.82, 2.24) is 5.32 Å². The Kier molecular flexibility index (Phi) is 4.86. The molecule has 2 rings (SSSR count). The average molecular weight is 302 g/mol. The first-order valence-corrected chi connectivity index (χ1v) is 7.93. The lowest BCUT2D eigenvalue weighted by atomic mass is 9.95. The second kappa shape index (κ2) is 6.18. The van der Waals surface area contributed by atoms with Gasteiger partial charge in [-0.25, -0.2) is 0 Å². The van der Waals surface area contributed by atoms with Gasteiger partial charge in [-0.05, 0) is 53.7 Å². The average Bonchev–Trinajstić information content (AvgIpc) is 2.88. The van der Waals surface area contributed by atoms with Gasteiger partial charge in [-0.1, -0.05) is 19.8 Å². The van der Waals surface area contributed by atoms with Crippen LogP contribution < -0.4 is 5.32 Å². The van der Waals surface area contributed by atoms with Crippen LogP contribution in [0, 0.1) is 5.92 Å². The molecule has 16 heavy (non-hydrogen) atoms. The van der Waals surface area contributed by atoms with Crippen LogP contribution in [0.25, 0.3) is 0 Å². The van der Waals surface area contributed by atoms with E-state index in [0.717, 1.165) is 12.5 Å². The zero-order valence-corrected chi connectivity index (χ0v) is 12.2. The topological polar surface area (TPSA) is 12.0 Å². The fourth-order valence-corrected chi connectivity index (χ4v) is 4.22. The number of halogens is 1. The summed E-state index contributed by atoms with van der Waals surface area (Å²) in [7, 11) is 0. The van der Waals surface area contributed by atoms with Gasteiger partial charge in [0.05, 0.1) is 0 Å². The molecule has 0 aliphatic heterocycles. The van der Waals surface area contributed by atoms with Gasteiger partial charge in [0.25, 0.3) is 0 Å². The maximum atomic E-state index is 3.67. The zero-order valence-electron chi connectivity index (χ0n) is 9.84. The predicted molar refractivity (Wildman–Crippen MR) is 75.1 cm³/mol. The SMILES string of the molecule is CCNC(Cc1cc(Br)cs1)C1CCCC1. The van der Waals surface area contributed by atoms with Crippen molar-refractivity contribution in [2.45, 2.75) is 45.1 Å². The van der Waals surface area contributed by atoms with Crippen LogP contribution in [-0.2, 0) is 6.42 Å². The first-order chi connectivity index (χ1) is 7.79. The predicted octanol–water partition coefficient (Wildman–Crippen LogP) is 4.22. The Bertz CT molecular complexity index is 317. The Hall–Kier alpha value is 0.140. The molecule has 1 nitrogen and oxygen atoms in total. The first-order valence-electron chi connectivity index (χ1n) is 6.26. The number of rotatable bonds is 5. The van der Waals surface area contributed by atoms with E-state index in [2.05, 4.69) is 39.6 Å². The lowest BCUT2D eigenvalue weighted by molar-refractivity contribution is 0.364. The number of thiophene rings is 1. The fourth-order valence-electron chi connectivity index (χ4n) is 2.71. The van der Waals surface area contributed by atoms with E-state index in [1.165, 1.54) is 41.5 Å². The van der Waals surface area contributed by atoms with Crippen LogP contribution in [0.3, 0.4) is 0 Å². The quantitative estimate of drug-likeness (QED) is 0.858. The number of nitrogens with one attached hydrogen (secondary N) is 1. The van der Waals surface area contributed by atoms with Crippen molar-refractivity contribution in [1.29, 1.82) is 0 Å². The molecule has 0 radical (unpaired) electrons. The lowest BCUT2D eigenvalue weighted by Crippen LogP contribution is -2.36. The van der Waals surface area contributed by atoms with E-state index in [1.54, 1.807) is 0 Å². The van der Waals surface area contributed by atoms with E-state index < -0.39 is 0 Å². The largest absolute Gasteiger partial charge is 0.314 e. The van der Waals surface area contributed by atoms with Crippen LogP contribution in [0.4, 0.5) is 0 Å². The second-order valence-electron chi connectivity index (χ2n) is 4.64. The van der Waals surface area contributed by atoms with Crippen LogP contribution in [-0.4, -0.2) is 12.6 Å². The van der Waals surface area contributed by atoms with Crippen LogP contribution in [0.1, 0.15) is 37.5 Å². The normalized spacial score (nSPS) is 19.1. The number of likely N-dealkylation sites (N-methyl/N-ethyl adjacent to an activating group) is 1. The molecule has 1 aromatic heterocycles. The monoisotopic (exact) mass is 301 g/mol. The van der Waals surface area contributed by atoms with Crippen molar-refractivity contribution < 1.29 is 0 Å². The molecular formula is C13H20BrNS. The molecule has 1 aromatic rings. The third-order valence-electron chi connectivity index (χ3n) is 3.48. The fraction of sp³-hybridized carbons (Fsp3) is 0.692. The van der Waals surface area contributed by atoms with Crippen molar-refractivity contribution in [2.24, 2.45) is 5.92 Å². The minimum absolute atomic E-state index is 0.693. The number of hydrogen-bond acceptors (Lipinski definition) is 2. The van der Waals surface area contributed by atoms with Crippen LogP contribution in [0.5, 0.6) is 0 Å². The summed E-state index contributed by atoms with van der Waals surface area (Å²) in [5, 5.41) is 5.86. The molecular weight excluding hydrogens is 282 g/mol. The molecule has 1 heterocycles. The van der Waals surface area contributed by atoms with E-state index in [4.69, 9.17) is 0 Å². The van der Waals surface area contributed by atoms with Crippen molar-refractivity contribution in [3.8, 4) is 0 Å². The van der Waals surface area contributed by atoms with Gasteiger partial charge < -0.3 is 5.32 Å². The third kappa shape index (κ3) is 3.31. The molecule has 0 amide bonds. The summed E-state index contributed by atoms with van der Waals surface area (Å²) in [6, 6.07) is 2.96. The van der Waals surface area contributed by atoms with Crippen LogP contribution in [0.15, 0.2) is 15.9 Å². The van der Waals surface area contributed by atoms with E-state index in [0.29, 0.717) is 6.04 Å². The van der Waals surface area contributed by atoms with Crippen molar-refractivity contribution >= 4 is 27.3 Å². The zero-order chi connectivity index (χ0) is 11.4. The van der Waals surface area contributed by atoms with Gasteiger partial charge in [-0.15, -0.1) is 11.3 Å². The van der Waals surface area contributed by atoms with Gasteiger partial charge >= 0.3 is 0 Å². The Labute approximate surface area is 111 Å². The Morgan fingerprint density at radius 2 is 2.25 bits per heavy atom. The van der Waals surface area contributed by atoms with Gasteiger partial charge in [-0.3, -0.25) is 0 Å². The molecule has 0 bridgehead atoms. The molecule has 1 atom stereocenters. The summed E-state index contributed by atoms with van der Waals surface area (Å²) < 4.78 is 1.23. The lowest BCUT2D eigenvalue weighted by Gasteiger charge is -2.23. The molecule has 1 fully saturated rings. The molecule has 1 aliphatic carbocycles. The minimum atomic E-state index is 0.693. The van der Waals surface area contributed by atoms with E-state index in [9.17, 15) is 0 Å². The van der Waals surface area contributed by atoms with E-state index in [-0.39, 0.29) is 0 Å². The molecule has 90 valence electrons. The highest BCUT2D eigenvalue weighted by atomic mass is 79.9. The summed E-state index contributed by atoms with van der Waals surface area (Å²) >= 11 is 5.41. The van der Waals surface area contributed by atoms with Gasteiger partial charge in [0.2, 0.25) is 0 Å². The van der Waals surface area contributed by atoms with Gasteiger partial charge in [0, 0.05) is 20.8 Å². The standard InChI is InChI=1S/C13H20BrNS/c1-2-15-13(10-5-3-4-6-10)8-12-7-11(14)9-16-12/h7,9-10,13,15H,2-6,8H2,1H3. The third-order valence-corrected chi connectivity index (χ3v) is 5.20. The molecule has 0 aromatic carbocycles. The number of hydrogen-bond donors (Lipinski definition) is 1. The summed E-state index contributed by atoms with van der Waals surface area (Å²) in [5.41, 5.74) is 0. The molecule has 1 saturated carbocycles. The summed E-state index contributed by atoms with van der Waals surface area (Å²) in [6.07, 6.45) is 6.91. The van der Waals surface area contributed by atoms with Gasteiger partial charge in [-0.2, -0.15) is 0 Å². The van der Waals surface area contributed by atoms with E-state index >= 15 is 0 Å². The minimum Gasteiger partial charge on any atom is -0.314 e. The van der Waals surface area contributed by atoms with Gasteiger partial charge in [0.1, 0.15) is 0 Å². The maximum absolute atomic E-state index is 3.67. The Morgan fingerprint density at radius 1 is 1.50 bits per heavy atom. The first kappa shape index (κ1) is 12.6. The highest BCUT2D eigenvalue weighted by molar-refractivity contribution is 9.10. The smallest absolute Gasteiger partial charge is 0.0285 e.